The Morgan fingerprint density at radius 3 is 2.29 bits per heavy atom. The molecule has 28 heavy (non-hydrogen) atoms. The van der Waals surface area contributed by atoms with E-state index in [0.29, 0.717) is 6.54 Å². The highest BCUT2D eigenvalue weighted by atomic mass is 32.2. The molecule has 0 fully saturated rings. The number of benzene rings is 2. The van der Waals surface area contributed by atoms with Crippen LogP contribution in [-0.2, 0) is 15.3 Å². The van der Waals surface area contributed by atoms with Crippen molar-refractivity contribution in [1.82, 2.24) is 10.2 Å². The predicted molar refractivity (Wildman–Crippen MR) is 116 cm³/mol. The molecule has 0 aliphatic carbocycles. The Labute approximate surface area is 171 Å². The van der Waals surface area contributed by atoms with Crippen molar-refractivity contribution < 1.29 is 9.59 Å². The number of likely N-dealkylation sites (N-methyl/N-ethyl adjacent to an activating group) is 1. The van der Waals surface area contributed by atoms with E-state index >= 15 is 0 Å². The van der Waals surface area contributed by atoms with Crippen LogP contribution in [0.3, 0.4) is 0 Å². The fraction of sp³-hybridized carbons (Fsp3) is 0.364. The Morgan fingerprint density at radius 1 is 0.964 bits per heavy atom. The van der Waals surface area contributed by atoms with Crippen LogP contribution in [0, 0.1) is 0 Å². The average Bonchev–Trinajstić information content (AvgIpc) is 2.67. The van der Waals surface area contributed by atoms with Crippen molar-refractivity contribution in [2.45, 2.75) is 37.5 Å². The standard InChI is InChI=1S/C22H29N3O2S/c1-4-25(14-21(26)23-17(2)3)15-22(27)24-19-12-8-9-13-20(19)28-16-18-10-6-5-7-11-18/h5-13,17H,4,14-16H2,1-3H3,(H,23,26)(H,24,27). The van der Waals surface area contributed by atoms with Crippen LogP contribution in [0.1, 0.15) is 26.3 Å². The summed E-state index contributed by atoms with van der Waals surface area (Å²) in [4.78, 5) is 27.3. The number of para-hydroxylation sites is 1. The van der Waals surface area contributed by atoms with Gasteiger partial charge in [0, 0.05) is 16.7 Å². The summed E-state index contributed by atoms with van der Waals surface area (Å²) in [6.45, 7) is 6.81. The molecule has 0 spiro atoms. The summed E-state index contributed by atoms with van der Waals surface area (Å²) in [7, 11) is 0. The molecule has 0 heterocycles. The molecular weight excluding hydrogens is 370 g/mol. The lowest BCUT2D eigenvalue weighted by molar-refractivity contribution is -0.123. The Hall–Kier alpha value is -2.31. The zero-order chi connectivity index (χ0) is 20.4. The molecule has 6 heteroatoms. The number of carbonyl (C=O) groups is 2. The van der Waals surface area contributed by atoms with Gasteiger partial charge < -0.3 is 10.6 Å². The quantitative estimate of drug-likeness (QED) is 0.597. The van der Waals surface area contributed by atoms with Crippen LogP contribution < -0.4 is 10.6 Å². The van der Waals surface area contributed by atoms with Gasteiger partial charge in [0.05, 0.1) is 18.8 Å². The average molecular weight is 400 g/mol. The highest BCUT2D eigenvalue weighted by Crippen LogP contribution is 2.29. The third-order valence-corrected chi connectivity index (χ3v) is 5.17. The minimum Gasteiger partial charge on any atom is -0.353 e. The van der Waals surface area contributed by atoms with Crippen molar-refractivity contribution in [2.75, 3.05) is 25.0 Å². The summed E-state index contributed by atoms with van der Waals surface area (Å²) < 4.78 is 0. The molecule has 0 saturated heterocycles. The van der Waals surface area contributed by atoms with Crippen molar-refractivity contribution in [1.29, 1.82) is 0 Å². The van der Waals surface area contributed by atoms with Crippen LogP contribution in [0.2, 0.25) is 0 Å². The lowest BCUT2D eigenvalue weighted by atomic mass is 10.2. The zero-order valence-electron chi connectivity index (χ0n) is 16.8. The Kier molecular flexibility index (Phi) is 9.04. The molecule has 0 aromatic heterocycles. The molecule has 2 amide bonds. The largest absolute Gasteiger partial charge is 0.353 e. The summed E-state index contributed by atoms with van der Waals surface area (Å²) in [6, 6.07) is 18.1. The molecule has 150 valence electrons. The smallest absolute Gasteiger partial charge is 0.238 e. The molecule has 2 aromatic carbocycles. The van der Waals surface area contributed by atoms with Gasteiger partial charge in [0.2, 0.25) is 11.8 Å². The second kappa shape index (κ2) is 11.5. The number of hydrogen-bond donors (Lipinski definition) is 2. The van der Waals surface area contributed by atoms with Crippen LogP contribution in [0.25, 0.3) is 0 Å². The van der Waals surface area contributed by atoms with E-state index in [1.54, 1.807) is 11.8 Å². The molecular formula is C22H29N3O2S. The summed E-state index contributed by atoms with van der Waals surface area (Å²) in [5, 5.41) is 5.85. The fourth-order valence-corrected chi connectivity index (χ4v) is 3.64. The number of nitrogens with zero attached hydrogens (tertiary/aromatic N) is 1. The van der Waals surface area contributed by atoms with Gasteiger partial charge in [-0.1, -0.05) is 49.4 Å². The number of rotatable bonds is 10. The third kappa shape index (κ3) is 7.74. The van der Waals surface area contributed by atoms with Crippen molar-refractivity contribution in [3.8, 4) is 0 Å². The first-order chi connectivity index (χ1) is 13.5. The summed E-state index contributed by atoms with van der Waals surface area (Å²) in [6.07, 6.45) is 0. The number of thioether (sulfide) groups is 1. The molecule has 2 aromatic rings. The highest BCUT2D eigenvalue weighted by molar-refractivity contribution is 7.98. The van der Waals surface area contributed by atoms with Crippen LogP contribution in [-0.4, -0.2) is 42.4 Å². The SMILES string of the molecule is CCN(CC(=O)Nc1ccccc1SCc1ccccc1)CC(=O)NC(C)C. The first kappa shape index (κ1) is 22.0. The second-order valence-corrected chi connectivity index (χ2v) is 7.86. The third-order valence-electron chi connectivity index (χ3n) is 4.03. The summed E-state index contributed by atoms with van der Waals surface area (Å²) in [5.41, 5.74) is 2.04. The number of nitrogens with one attached hydrogen (secondary N) is 2. The van der Waals surface area contributed by atoms with E-state index in [4.69, 9.17) is 0 Å². The second-order valence-electron chi connectivity index (χ2n) is 6.84. The number of anilines is 1. The minimum atomic E-state index is -0.119. The first-order valence-electron chi connectivity index (χ1n) is 9.55. The van der Waals surface area contributed by atoms with Crippen molar-refractivity contribution >= 4 is 29.3 Å². The molecule has 0 radical (unpaired) electrons. The molecule has 5 nitrogen and oxygen atoms in total. The van der Waals surface area contributed by atoms with Gasteiger partial charge in [-0.2, -0.15) is 0 Å². The van der Waals surface area contributed by atoms with E-state index in [9.17, 15) is 9.59 Å². The molecule has 2 rings (SSSR count). The maximum atomic E-state index is 12.5. The highest BCUT2D eigenvalue weighted by Gasteiger charge is 2.15. The van der Waals surface area contributed by atoms with Gasteiger partial charge in [-0.3, -0.25) is 14.5 Å². The van der Waals surface area contributed by atoms with E-state index in [-0.39, 0.29) is 30.9 Å². The van der Waals surface area contributed by atoms with E-state index in [2.05, 4.69) is 22.8 Å². The van der Waals surface area contributed by atoms with Crippen LogP contribution in [0.15, 0.2) is 59.5 Å². The molecule has 2 N–H and O–H groups in total. The Balaban J connectivity index is 1.93. The van der Waals surface area contributed by atoms with E-state index in [1.165, 1.54) is 5.56 Å². The minimum absolute atomic E-state index is 0.0662. The van der Waals surface area contributed by atoms with Gasteiger partial charge in [0.15, 0.2) is 0 Å². The van der Waals surface area contributed by atoms with Crippen LogP contribution >= 0.6 is 11.8 Å². The normalized spacial score (nSPS) is 10.9. The van der Waals surface area contributed by atoms with Crippen molar-refractivity contribution in [3.63, 3.8) is 0 Å². The van der Waals surface area contributed by atoms with Gasteiger partial charge in [0.1, 0.15) is 0 Å². The van der Waals surface area contributed by atoms with Gasteiger partial charge in [0.25, 0.3) is 0 Å². The zero-order valence-corrected chi connectivity index (χ0v) is 17.6. The van der Waals surface area contributed by atoms with Gasteiger partial charge >= 0.3 is 0 Å². The van der Waals surface area contributed by atoms with Crippen molar-refractivity contribution in [3.05, 3.63) is 60.2 Å². The number of amides is 2. The van der Waals surface area contributed by atoms with E-state index < -0.39 is 0 Å². The van der Waals surface area contributed by atoms with Gasteiger partial charge in [-0.25, -0.2) is 0 Å². The molecule has 0 aliphatic rings. The maximum absolute atomic E-state index is 12.5. The lowest BCUT2D eigenvalue weighted by Gasteiger charge is -2.20. The van der Waals surface area contributed by atoms with Gasteiger partial charge in [-0.05, 0) is 38.1 Å². The summed E-state index contributed by atoms with van der Waals surface area (Å²) >= 11 is 1.69. The Morgan fingerprint density at radius 2 is 1.61 bits per heavy atom. The van der Waals surface area contributed by atoms with E-state index in [0.717, 1.165) is 16.3 Å². The fourth-order valence-electron chi connectivity index (χ4n) is 2.67. The first-order valence-corrected chi connectivity index (χ1v) is 10.5. The monoisotopic (exact) mass is 399 g/mol. The molecule has 0 unspecified atom stereocenters. The molecule has 0 saturated carbocycles. The summed E-state index contributed by atoms with van der Waals surface area (Å²) in [5.74, 6) is 0.653. The Bertz CT molecular complexity index is 765. The lowest BCUT2D eigenvalue weighted by Crippen LogP contribution is -2.42. The molecule has 0 atom stereocenters. The molecule has 0 aliphatic heterocycles. The van der Waals surface area contributed by atoms with Crippen LogP contribution in [0.4, 0.5) is 5.69 Å². The van der Waals surface area contributed by atoms with Crippen molar-refractivity contribution in [2.24, 2.45) is 0 Å². The van der Waals surface area contributed by atoms with Crippen LogP contribution in [0.5, 0.6) is 0 Å². The number of hydrogen-bond acceptors (Lipinski definition) is 4. The van der Waals surface area contributed by atoms with Gasteiger partial charge in [-0.15, -0.1) is 11.8 Å². The predicted octanol–water partition coefficient (Wildman–Crippen LogP) is 3.76. The molecule has 0 bridgehead atoms. The number of carbonyl (C=O) groups excluding carboxylic acids is 2. The maximum Gasteiger partial charge on any atom is 0.238 e. The topological polar surface area (TPSA) is 61.4 Å². The van der Waals surface area contributed by atoms with E-state index in [1.807, 2.05) is 68.1 Å².